The monoisotopic (exact) mass is 628 g/mol. The Bertz CT molecular complexity index is 1130. The number of carbonyl (C=O) groups is 2. The first-order chi connectivity index (χ1) is 20.6. The standard InChI is InChI=1S/C33H56N8O4/c1-29(2,3)39-28-37-26(34-20-24(42)44-14-12-22-16-30(4,5)40-31(6,7)17-22)36-27(38-28)35-21-25(43)45-15-13-23-18-32(8,9)41-33(10,11)19-23/h20-23,40-41H,12-19H2,1-11H3,(H,36,37,38,39). The van der Waals surface area contributed by atoms with Crippen LogP contribution in [0.5, 0.6) is 0 Å². The van der Waals surface area contributed by atoms with E-state index in [0.717, 1.165) is 51.0 Å². The van der Waals surface area contributed by atoms with Crippen LogP contribution in [0.1, 0.15) is 115 Å². The van der Waals surface area contributed by atoms with Crippen LogP contribution in [0.2, 0.25) is 0 Å². The largest absolute Gasteiger partial charge is 0.461 e. The van der Waals surface area contributed by atoms with Gasteiger partial charge in [0.05, 0.1) is 13.2 Å². The third-order valence-electron chi connectivity index (χ3n) is 7.76. The Balaban J connectivity index is 1.57. The minimum Gasteiger partial charge on any atom is -0.461 e. The molecule has 0 radical (unpaired) electrons. The van der Waals surface area contributed by atoms with Crippen LogP contribution in [0.3, 0.4) is 0 Å². The minimum atomic E-state index is -0.581. The molecule has 3 heterocycles. The highest BCUT2D eigenvalue weighted by atomic mass is 16.5. The smallest absolute Gasteiger partial charge is 0.349 e. The number of rotatable bonds is 11. The number of carbonyl (C=O) groups excluding carboxylic acids is 2. The zero-order valence-corrected chi connectivity index (χ0v) is 29.3. The first-order valence-electron chi connectivity index (χ1n) is 16.1. The molecule has 3 rings (SSSR count). The van der Waals surface area contributed by atoms with E-state index in [-0.39, 0.29) is 45.5 Å². The van der Waals surface area contributed by atoms with Gasteiger partial charge in [0.25, 0.3) is 11.9 Å². The molecule has 2 fully saturated rings. The van der Waals surface area contributed by atoms with Crippen molar-refractivity contribution >= 4 is 42.2 Å². The van der Waals surface area contributed by atoms with Crippen molar-refractivity contribution in [3.05, 3.63) is 0 Å². The van der Waals surface area contributed by atoms with Crippen molar-refractivity contribution < 1.29 is 19.1 Å². The quantitative estimate of drug-likeness (QED) is 0.213. The molecular formula is C33H56N8O4. The molecule has 252 valence electrons. The molecule has 0 spiro atoms. The molecule has 45 heavy (non-hydrogen) atoms. The van der Waals surface area contributed by atoms with Crippen molar-refractivity contribution in [3.8, 4) is 0 Å². The van der Waals surface area contributed by atoms with Gasteiger partial charge in [-0.05, 0) is 127 Å². The molecule has 0 bridgehead atoms. The predicted octanol–water partition coefficient (Wildman–Crippen LogP) is 5.47. The van der Waals surface area contributed by atoms with Crippen molar-refractivity contribution in [2.45, 2.75) is 142 Å². The fraction of sp³-hybridized carbons (Fsp3) is 0.788. The average Bonchev–Trinajstić information content (AvgIpc) is 2.81. The van der Waals surface area contributed by atoms with E-state index in [9.17, 15) is 9.59 Å². The van der Waals surface area contributed by atoms with Gasteiger partial charge in [-0.25, -0.2) is 19.6 Å². The summed E-state index contributed by atoms with van der Waals surface area (Å²) in [6.45, 7) is 24.1. The van der Waals surface area contributed by atoms with E-state index < -0.39 is 11.9 Å². The Morgan fingerprint density at radius 3 is 1.42 bits per heavy atom. The van der Waals surface area contributed by atoms with Crippen molar-refractivity contribution in [1.82, 2.24) is 25.6 Å². The van der Waals surface area contributed by atoms with Gasteiger partial charge in [-0.3, -0.25) is 0 Å². The minimum absolute atomic E-state index is 0.0350. The van der Waals surface area contributed by atoms with Gasteiger partial charge in [-0.1, -0.05) is 0 Å². The maximum Gasteiger partial charge on any atom is 0.349 e. The zero-order valence-electron chi connectivity index (χ0n) is 29.3. The second-order valence-corrected chi connectivity index (χ2v) is 16.4. The van der Waals surface area contributed by atoms with Crippen LogP contribution in [-0.2, 0) is 19.1 Å². The number of esters is 2. The molecule has 3 N–H and O–H groups in total. The number of hydrogen-bond acceptors (Lipinski definition) is 12. The van der Waals surface area contributed by atoms with Gasteiger partial charge in [-0.15, -0.1) is 0 Å². The zero-order chi connectivity index (χ0) is 33.7. The summed E-state index contributed by atoms with van der Waals surface area (Å²) in [5.41, 5.74) is -0.221. The van der Waals surface area contributed by atoms with Crippen LogP contribution in [0, 0.1) is 11.8 Å². The maximum atomic E-state index is 12.4. The molecule has 12 heteroatoms. The lowest BCUT2D eigenvalue weighted by Gasteiger charge is -2.46. The molecule has 2 aliphatic heterocycles. The third-order valence-corrected chi connectivity index (χ3v) is 7.76. The van der Waals surface area contributed by atoms with Crippen LogP contribution in [0.25, 0.3) is 0 Å². The molecule has 1 aromatic heterocycles. The summed E-state index contributed by atoms with van der Waals surface area (Å²) in [4.78, 5) is 45.9. The van der Waals surface area contributed by atoms with E-state index >= 15 is 0 Å². The maximum absolute atomic E-state index is 12.4. The van der Waals surface area contributed by atoms with E-state index in [1.165, 1.54) is 0 Å². The van der Waals surface area contributed by atoms with E-state index in [2.05, 4.69) is 96.3 Å². The summed E-state index contributed by atoms with van der Waals surface area (Å²) in [5.74, 6) is -0.118. The number of aliphatic imine (C=N–C) groups is 2. The highest BCUT2D eigenvalue weighted by molar-refractivity contribution is 6.24. The summed E-state index contributed by atoms with van der Waals surface area (Å²) in [5, 5.41) is 10.5. The molecule has 0 aromatic carbocycles. The van der Waals surface area contributed by atoms with Gasteiger partial charge in [-0.2, -0.15) is 15.0 Å². The number of ether oxygens (including phenoxy) is 2. The van der Waals surface area contributed by atoms with Crippen LogP contribution in [0.15, 0.2) is 9.98 Å². The van der Waals surface area contributed by atoms with Crippen molar-refractivity contribution in [1.29, 1.82) is 0 Å². The summed E-state index contributed by atoms with van der Waals surface area (Å²) in [7, 11) is 0. The van der Waals surface area contributed by atoms with Gasteiger partial charge in [0.1, 0.15) is 12.4 Å². The van der Waals surface area contributed by atoms with Gasteiger partial charge in [0.15, 0.2) is 0 Å². The Kier molecular flexibility index (Phi) is 11.5. The van der Waals surface area contributed by atoms with Crippen molar-refractivity contribution in [2.24, 2.45) is 21.8 Å². The number of piperidine rings is 2. The Labute approximate surface area is 269 Å². The Hall–Kier alpha value is -2.99. The van der Waals surface area contributed by atoms with E-state index in [1.807, 2.05) is 20.8 Å². The molecule has 1 aromatic rings. The molecule has 0 amide bonds. The summed E-state index contributed by atoms with van der Waals surface area (Å²) < 4.78 is 10.9. The first kappa shape index (κ1) is 36.5. The van der Waals surface area contributed by atoms with Gasteiger partial charge in [0.2, 0.25) is 5.95 Å². The highest BCUT2D eigenvalue weighted by Crippen LogP contribution is 2.35. The first-order valence-corrected chi connectivity index (χ1v) is 16.1. The molecule has 0 unspecified atom stereocenters. The average molecular weight is 629 g/mol. The SMILES string of the molecule is CC(C)(C)Nc1nc(N=CC(=O)OCCC2CC(C)(C)NC(C)(C)C2)nc(N=CC(=O)OCCC2CC(C)(C)NC(C)(C)C2)n1. The normalized spacial score (nSPS) is 21.6. The Morgan fingerprint density at radius 2 is 1.09 bits per heavy atom. The molecule has 0 aliphatic carbocycles. The second kappa shape index (κ2) is 14.2. The summed E-state index contributed by atoms with van der Waals surface area (Å²) in [6.07, 6.45) is 7.73. The summed E-state index contributed by atoms with van der Waals surface area (Å²) >= 11 is 0. The predicted molar refractivity (Wildman–Crippen MR) is 179 cm³/mol. The van der Waals surface area contributed by atoms with Gasteiger partial charge >= 0.3 is 11.9 Å². The molecule has 0 atom stereocenters. The van der Waals surface area contributed by atoms with Crippen molar-refractivity contribution in [2.75, 3.05) is 18.5 Å². The molecule has 0 saturated carbocycles. The number of anilines is 1. The number of nitrogens with one attached hydrogen (secondary N) is 3. The topological polar surface area (TPSA) is 152 Å². The molecule has 12 nitrogen and oxygen atoms in total. The second-order valence-electron chi connectivity index (χ2n) is 16.4. The third kappa shape index (κ3) is 13.5. The van der Waals surface area contributed by atoms with Crippen LogP contribution in [-0.4, -0.2) is 80.2 Å². The van der Waals surface area contributed by atoms with Gasteiger partial charge < -0.3 is 25.4 Å². The molecular weight excluding hydrogens is 572 g/mol. The van der Waals surface area contributed by atoms with E-state index in [1.54, 1.807) is 0 Å². The number of nitrogens with zero attached hydrogens (tertiary/aromatic N) is 5. The van der Waals surface area contributed by atoms with E-state index in [0.29, 0.717) is 25.0 Å². The lowest BCUT2D eigenvalue weighted by molar-refractivity contribution is -0.136. The fourth-order valence-corrected chi connectivity index (χ4v) is 7.28. The Morgan fingerprint density at radius 1 is 0.733 bits per heavy atom. The van der Waals surface area contributed by atoms with Crippen LogP contribution < -0.4 is 16.0 Å². The fourth-order valence-electron chi connectivity index (χ4n) is 7.28. The molecule has 2 saturated heterocycles. The van der Waals surface area contributed by atoms with Crippen LogP contribution >= 0.6 is 0 Å². The van der Waals surface area contributed by atoms with Crippen molar-refractivity contribution in [3.63, 3.8) is 0 Å². The lowest BCUT2D eigenvalue weighted by atomic mass is 9.75. The number of aromatic nitrogens is 3. The van der Waals surface area contributed by atoms with Gasteiger partial charge in [0, 0.05) is 27.7 Å². The molecule has 2 aliphatic rings. The lowest BCUT2D eigenvalue weighted by Crippen LogP contribution is -2.57. The number of hydrogen-bond donors (Lipinski definition) is 3. The highest BCUT2D eigenvalue weighted by Gasteiger charge is 2.38. The van der Waals surface area contributed by atoms with Crippen LogP contribution in [0.4, 0.5) is 17.8 Å². The summed E-state index contributed by atoms with van der Waals surface area (Å²) in [6, 6.07) is 0. The van der Waals surface area contributed by atoms with E-state index in [4.69, 9.17) is 9.47 Å².